The van der Waals surface area contributed by atoms with Crippen molar-refractivity contribution in [3.63, 3.8) is 0 Å². The lowest BCUT2D eigenvalue weighted by Gasteiger charge is -2.46. The van der Waals surface area contributed by atoms with Crippen LogP contribution in [0.4, 0.5) is 26.3 Å². The molecule has 0 spiro atoms. The maximum atomic E-state index is 14.0. The maximum absolute atomic E-state index is 14.0. The highest BCUT2D eigenvalue weighted by Gasteiger charge is 2.48. The smallest absolute Gasteiger partial charge is 0.416 e. The zero-order chi connectivity index (χ0) is 27.6. The molecule has 0 radical (unpaired) electrons. The summed E-state index contributed by atoms with van der Waals surface area (Å²) in [6.45, 7) is 0.0740. The average Bonchev–Trinajstić information content (AvgIpc) is 3.01. The number of pyridine rings is 1. The SMILES string of the molecule is C[C@@H](N1CN([C@H]2c3ccccc3SCc3c2cccc3C(F)(F)F)n2ccc(=O)c(O)c2C1=O)C(F)(F)F. The van der Waals surface area contributed by atoms with E-state index in [1.165, 1.54) is 17.1 Å². The van der Waals surface area contributed by atoms with Gasteiger partial charge in [-0.05, 0) is 35.7 Å². The number of thioether (sulfide) groups is 1. The normalized spacial score (nSPS) is 18.4. The molecule has 3 aromatic rings. The molecule has 1 aromatic heterocycles. The van der Waals surface area contributed by atoms with Crippen LogP contribution in [-0.4, -0.2) is 39.5 Å². The molecule has 0 fully saturated rings. The lowest BCUT2D eigenvalue weighted by Crippen LogP contribution is -2.60. The van der Waals surface area contributed by atoms with E-state index in [1.54, 1.807) is 24.3 Å². The van der Waals surface area contributed by atoms with Gasteiger partial charge < -0.3 is 10.0 Å². The standard InChI is InChI=1S/C25H19F6N3O3S/c1-13(24(26,27)28)32-12-34(33-10-9-18(35)22(36)21(33)23(32)37)20-14-6-4-7-17(25(29,30)31)16(14)11-38-19-8-3-2-5-15(19)20/h2-10,13,20,36H,11-12H2,1H3/t13-,20-/m1/s1. The van der Waals surface area contributed by atoms with E-state index < -0.39 is 59.4 Å². The second kappa shape index (κ2) is 9.00. The predicted octanol–water partition coefficient (Wildman–Crippen LogP) is 5.27. The largest absolute Gasteiger partial charge is 0.502 e. The quantitative estimate of drug-likeness (QED) is 0.437. The number of amides is 1. The molecule has 5 rings (SSSR count). The molecule has 2 aromatic carbocycles. The molecule has 2 atom stereocenters. The number of hydrogen-bond donors (Lipinski definition) is 1. The fraction of sp³-hybridized carbons (Fsp3) is 0.280. The van der Waals surface area contributed by atoms with Gasteiger partial charge in [0, 0.05) is 22.9 Å². The third kappa shape index (κ3) is 4.18. The van der Waals surface area contributed by atoms with E-state index >= 15 is 0 Å². The van der Waals surface area contributed by atoms with E-state index in [0.717, 1.165) is 41.7 Å². The van der Waals surface area contributed by atoms with Crippen molar-refractivity contribution < 1.29 is 36.2 Å². The Bertz CT molecular complexity index is 1490. The van der Waals surface area contributed by atoms with Crippen molar-refractivity contribution in [1.82, 2.24) is 9.58 Å². The molecule has 1 amide bonds. The molecule has 3 heterocycles. The predicted molar refractivity (Wildman–Crippen MR) is 126 cm³/mol. The number of aromatic hydroxyl groups is 1. The van der Waals surface area contributed by atoms with Crippen molar-refractivity contribution in [2.45, 2.75) is 42.0 Å². The Morgan fingerprint density at radius 1 is 0.974 bits per heavy atom. The van der Waals surface area contributed by atoms with Crippen LogP contribution in [0.25, 0.3) is 0 Å². The molecular formula is C25H19F6N3O3S. The monoisotopic (exact) mass is 555 g/mol. The molecule has 0 saturated heterocycles. The lowest BCUT2D eigenvalue weighted by molar-refractivity contribution is -0.173. The first-order valence-electron chi connectivity index (χ1n) is 11.3. The minimum Gasteiger partial charge on any atom is -0.502 e. The molecule has 2 aliphatic heterocycles. The van der Waals surface area contributed by atoms with Crippen LogP contribution in [-0.2, 0) is 11.9 Å². The fourth-order valence-corrected chi connectivity index (χ4v) is 5.94. The molecule has 0 unspecified atom stereocenters. The van der Waals surface area contributed by atoms with Gasteiger partial charge in [-0.2, -0.15) is 26.3 Å². The summed E-state index contributed by atoms with van der Waals surface area (Å²) in [7, 11) is 0. The van der Waals surface area contributed by atoms with Crippen molar-refractivity contribution in [2.24, 2.45) is 0 Å². The Morgan fingerprint density at radius 2 is 1.66 bits per heavy atom. The highest BCUT2D eigenvalue weighted by Crippen LogP contribution is 2.46. The van der Waals surface area contributed by atoms with Gasteiger partial charge in [-0.25, -0.2) is 0 Å². The van der Waals surface area contributed by atoms with Gasteiger partial charge in [0.2, 0.25) is 5.43 Å². The topological polar surface area (TPSA) is 65.8 Å². The summed E-state index contributed by atoms with van der Waals surface area (Å²) in [5, 5.41) is 11.8. The molecular weight excluding hydrogens is 536 g/mol. The van der Waals surface area contributed by atoms with Gasteiger partial charge in [0.25, 0.3) is 5.91 Å². The van der Waals surface area contributed by atoms with Crippen LogP contribution in [0.3, 0.4) is 0 Å². The Hall–Kier alpha value is -3.61. The average molecular weight is 556 g/mol. The second-order valence-corrected chi connectivity index (χ2v) is 9.91. The van der Waals surface area contributed by atoms with E-state index in [4.69, 9.17) is 0 Å². The maximum Gasteiger partial charge on any atom is 0.416 e. The van der Waals surface area contributed by atoms with Gasteiger partial charge >= 0.3 is 12.4 Å². The Morgan fingerprint density at radius 3 is 2.34 bits per heavy atom. The summed E-state index contributed by atoms with van der Waals surface area (Å²) in [5.41, 5.74) is -1.95. The van der Waals surface area contributed by atoms with E-state index in [2.05, 4.69) is 0 Å². The Labute approximate surface area is 216 Å². The summed E-state index contributed by atoms with van der Waals surface area (Å²) in [5.74, 6) is -2.35. The first-order valence-corrected chi connectivity index (χ1v) is 12.3. The van der Waals surface area contributed by atoms with Crippen LogP contribution >= 0.6 is 11.8 Å². The van der Waals surface area contributed by atoms with Crippen LogP contribution in [0.15, 0.2) is 64.4 Å². The van der Waals surface area contributed by atoms with Crippen LogP contribution in [0, 0.1) is 0 Å². The Kier molecular flexibility index (Phi) is 6.16. The van der Waals surface area contributed by atoms with E-state index in [1.807, 2.05) is 0 Å². The van der Waals surface area contributed by atoms with Gasteiger partial charge in [-0.1, -0.05) is 30.3 Å². The first-order chi connectivity index (χ1) is 17.8. The second-order valence-electron chi connectivity index (χ2n) is 8.90. The zero-order valence-corrected chi connectivity index (χ0v) is 20.4. The number of nitrogens with zero attached hydrogens (tertiary/aromatic N) is 3. The van der Waals surface area contributed by atoms with Crippen LogP contribution < -0.4 is 10.4 Å². The van der Waals surface area contributed by atoms with Crippen molar-refractivity contribution in [2.75, 3.05) is 11.7 Å². The lowest BCUT2D eigenvalue weighted by atomic mass is 9.91. The number of carbonyl (C=O) groups excluding carboxylic acids is 1. The molecule has 6 nitrogen and oxygen atoms in total. The molecule has 0 saturated carbocycles. The number of hydrogen-bond acceptors (Lipinski definition) is 5. The molecule has 1 N–H and O–H groups in total. The van der Waals surface area contributed by atoms with Crippen LogP contribution in [0.5, 0.6) is 5.75 Å². The third-order valence-corrected chi connectivity index (χ3v) is 7.84. The third-order valence-electron chi connectivity index (χ3n) is 6.73. The summed E-state index contributed by atoms with van der Waals surface area (Å²) >= 11 is 1.15. The molecule has 13 heteroatoms. The summed E-state index contributed by atoms with van der Waals surface area (Å²) in [6, 6.07) is 7.84. The van der Waals surface area contributed by atoms with Crippen LogP contribution in [0.2, 0.25) is 0 Å². The van der Waals surface area contributed by atoms with Gasteiger partial charge in [0.15, 0.2) is 11.4 Å². The van der Waals surface area contributed by atoms with E-state index in [0.29, 0.717) is 15.4 Å². The molecule has 0 bridgehead atoms. The number of fused-ring (bicyclic) bond motifs is 3. The number of carbonyl (C=O) groups is 1. The first kappa shape index (κ1) is 26.0. The van der Waals surface area contributed by atoms with Gasteiger partial charge in [-0.15, -0.1) is 11.8 Å². The number of rotatable bonds is 2. The van der Waals surface area contributed by atoms with E-state index in [-0.39, 0.29) is 16.9 Å². The zero-order valence-electron chi connectivity index (χ0n) is 19.5. The van der Waals surface area contributed by atoms with Gasteiger partial charge in [0.1, 0.15) is 12.7 Å². The molecule has 200 valence electrons. The van der Waals surface area contributed by atoms with Gasteiger partial charge in [0.05, 0.1) is 11.6 Å². The van der Waals surface area contributed by atoms with Crippen molar-refractivity contribution >= 4 is 17.7 Å². The fourth-order valence-electron chi connectivity index (χ4n) is 4.80. The van der Waals surface area contributed by atoms with Gasteiger partial charge in [-0.3, -0.25) is 19.3 Å². The molecule has 0 aliphatic carbocycles. The highest BCUT2D eigenvalue weighted by atomic mass is 32.2. The van der Waals surface area contributed by atoms with Crippen molar-refractivity contribution in [1.29, 1.82) is 0 Å². The summed E-state index contributed by atoms with van der Waals surface area (Å²) in [6.07, 6.45) is -8.42. The van der Waals surface area contributed by atoms with Crippen molar-refractivity contribution in [3.8, 4) is 5.75 Å². The molecule has 2 aliphatic rings. The van der Waals surface area contributed by atoms with E-state index in [9.17, 15) is 41.0 Å². The number of halogens is 6. The number of aromatic nitrogens is 1. The number of alkyl halides is 6. The number of benzene rings is 2. The van der Waals surface area contributed by atoms with Crippen molar-refractivity contribution in [3.05, 3.63) is 92.9 Å². The molecule has 38 heavy (non-hydrogen) atoms. The minimum atomic E-state index is -4.85. The van der Waals surface area contributed by atoms with Crippen LogP contribution in [0.1, 0.15) is 45.7 Å². The minimum absolute atomic E-state index is 0.0506. The highest BCUT2D eigenvalue weighted by molar-refractivity contribution is 7.98. The summed E-state index contributed by atoms with van der Waals surface area (Å²) < 4.78 is 84.5. The summed E-state index contributed by atoms with van der Waals surface area (Å²) in [4.78, 5) is 26.4. The Balaban J connectivity index is 1.81.